The molecule has 3 aromatic rings. The zero-order valence-corrected chi connectivity index (χ0v) is 22.1. The van der Waals surface area contributed by atoms with Crippen molar-refractivity contribution in [2.45, 2.75) is 69.9 Å². The number of benzene rings is 1. The molecule has 4 N–H and O–H groups in total. The Morgan fingerprint density at radius 3 is 2.66 bits per heavy atom. The summed E-state index contributed by atoms with van der Waals surface area (Å²) in [7, 11) is 0. The zero-order valence-electron chi connectivity index (χ0n) is 22.1. The molecule has 0 radical (unpaired) electrons. The molecular formula is C29H38N6O3. The molecule has 1 amide bonds. The Hall–Kier alpha value is -3.17. The first-order valence-electron chi connectivity index (χ1n) is 14.0. The highest BCUT2D eigenvalue weighted by Crippen LogP contribution is 2.34. The number of aryl methyl sites for hydroxylation is 1. The van der Waals surface area contributed by atoms with E-state index in [1.165, 1.54) is 0 Å². The van der Waals surface area contributed by atoms with Crippen molar-refractivity contribution in [3.63, 3.8) is 0 Å². The van der Waals surface area contributed by atoms with Crippen molar-refractivity contribution in [1.29, 1.82) is 0 Å². The van der Waals surface area contributed by atoms with Gasteiger partial charge in [-0.05, 0) is 68.6 Å². The second-order valence-corrected chi connectivity index (χ2v) is 11.3. The van der Waals surface area contributed by atoms with E-state index in [2.05, 4.69) is 16.0 Å². The van der Waals surface area contributed by atoms with Crippen LogP contribution < -0.4 is 16.0 Å². The summed E-state index contributed by atoms with van der Waals surface area (Å²) in [5.74, 6) is 2.15. The summed E-state index contributed by atoms with van der Waals surface area (Å²) in [5, 5.41) is 25.2. The molecule has 2 aliphatic carbocycles. The molecule has 2 saturated carbocycles. The van der Waals surface area contributed by atoms with Crippen LogP contribution in [0.2, 0.25) is 0 Å². The van der Waals surface area contributed by atoms with Crippen LogP contribution in [0.4, 0.5) is 11.6 Å². The van der Waals surface area contributed by atoms with Gasteiger partial charge in [0, 0.05) is 43.0 Å². The van der Waals surface area contributed by atoms with Gasteiger partial charge in [-0.1, -0.05) is 25.0 Å². The van der Waals surface area contributed by atoms with Gasteiger partial charge in [0.25, 0.3) is 5.91 Å². The molecule has 1 aliphatic heterocycles. The van der Waals surface area contributed by atoms with Crippen LogP contribution in [0.25, 0.3) is 16.8 Å². The van der Waals surface area contributed by atoms with E-state index in [0.717, 1.165) is 105 Å². The van der Waals surface area contributed by atoms with Crippen LogP contribution in [0.3, 0.4) is 0 Å². The molecule has 9 nitrogen and oxygen atoms in total. The Labute approximate surface area is 223 Å². The average Bonchev–Trinajstić information content (AvgIpc) is 3.44. The number of fused-ring (bicyclic) bond motifs is 1. The fourth-order valence-corrected chi connectivity index (χ4v) is 5.78. The van der Waals surface area contributed by atoms with Crippen LogP contribution in [0.5, 0.6) is 0 Å². The van der Waals surface area contributed by atoms with Gasteiger partial charge in [-0.25, -0.2) is 4.98 Å². The van der Waals surface area contributed by atoms with Gasteiger partial charge < -0.3 is 25.8 Å². The average molecular weight is 519 g/mol. The van der Waals surface area contributed by atoms with E-state index in [0.29, 0.717) is 17.5 Å². The van der Waals surface area contributed by atoms with Crippen LogP contribution in [-0.2, 0) is 4.74 Å². The first-order chi connectivity index (χ1) is 18.5. The summed E-state index contributed by atoms with van der Waals surface area (Å²) in [6.07, 6.45) is 10.1. The van der Waals surface area contributed by atoms with E-state index in [9.17, 15) is 9.90 Å². The van der Waals surface area contributed by atoms with Gasteiger partial charge in [0.05, 0.1) is 18.3 Å². The minimum Gasteiger partial charge on any atom is -0.394 e. The number of carbonyl (C=O) groups is 1. The van der Waals surface area contributed by atoms with Gasteiger partial charge >= 0.3 is 0 Å². The highest BCUT2D eigenvalue weighted by molar-refractivity contribution is 5.97. The lowest BCUT2D eigenvalue weighted by Crippen LogP contribution is -2.39. The topological polar surface area (TPSA) is 113 Å². The number of hydrogen-bond acceptors (Lipinski definition) is 7. The van der Waals surface area contributed by atoms with Gasteiger partial charge in [0.1, 0.15) is 11.6 Å². The van der Waals surface area contributed by atoms with Crippen molar-refractivity contribution in [1.82, 2.24) is 19.9 Å². The second-order valence-electron chi connectivity index (χ2n) is 11.3. The number of rotatable bonds is 9. The number of aromatic nitrogens is 3. The maximum atomic E-state index is 12.7. The molecule has 0 unspecified atom stereocenters. The molecule has 3 aliphatic rings. The second kappa shape index (κ2) is 10.5. The molecule has 0 atom stereocenters. The molecule has 1 saturated heterocycles. The number of hydrogen-bond donors (Lipinski definition) is 4. The van der Waals surface area contributed by atoms with Crippen molar-refractivity contribution >= 4 is 23.2 Å². The van der Waals surface area contributed by atoms with Crippen LogP contribution in [-0.4, -0.2) is 63.6 Å². The molecule has 2 aromatic heterocycles. The maximum absolute atomic E-state index is 12.7. The molecular weight excluding hydrogens is 480 g/mol. The summed E-state index contributed by atoms with van der Waals surface area (Å²) in [6.45, 7) is 4.52. The normalized spacial score (nSPS) is 19.5. The minimum absolute atomic E-state index is 0.00788. The predicted octanol–water partition coefficient (Wildman–Crippen LogP) is 4.15. The van der Waals surface area contributed by atoms with E-state index in [1.54, 1.807) is 0 Å². The molecule has 0 bridgehead atoms. The lowest BCUT2D eigenvalue weighted by atomic mass is 9.99. The van der Waals surface area contributed by atoms with Crippen LogP contribution >= 0.6 is 0 Å². The van der Waals surface area contributed by atoms with Crippen molar-refractivity contribution in [3.8, 4) is 11.1 Å². The number of nitrogens with one attached hydrogen (secondary N) is 3. The fraction of sp³-hybridized carbons (Fsp3) is 0.552. The maximum Gasteiger partial charge on any atom is 0.251 e. The van der Waals surface area contributed by atoms with E-state index >= 15 is 0 Å². The smallest absolute Gasteiger partial charge is 0.251 e. The van der Waals surface area contributed by atoms with Crippen molar-refractivity contribution in [2.75, 3.05) is 37.0 Å². The van der Waals surface area contributed by atoms with Crippen LogP contribution in [0.15, 0.2) is 30.5 Å². The third-order valence-electron chi connectivity index (χ3n) is 8.34. The van der Waals surface area contributed by atoms with Gasteiger partial charge in [-0.3, -0.25) is 4.79 Å². The van der Waals surface area contributed by atoms with Crippen LogP contribution in [0, 0.1) is 12.8 Å². The molecule has 3 fully saturated rings. The first-order valence-corrected chi connectivity index (χ1v) is 14.0. The number of nitrogens with zero attached hydrogens (tertiary/aromatic N) is 3. The van der Waals surface area contributed by atoms with E-state index in [-0.39, 0.29) is 18.1 Å². The number of aliphatic hydroxyl groups excluding tert-OH is 1. The Bertz CT molecular complexity index is 1310. The molecule has 6 rings (SSSR count). The largest absolute Gasteiger partial charge is 0.394 e. The SMILES string of the molecule is Cc1cc(-c2cnn3c(NCC4CCOCC4)cc(NC4(CO)CCCC4)nc23)ccc1C(=O)NC1CC1. The number of aliphatic hydroxyl groups is 1. The Kier molecular flexibility index (Phi) is 6.97. The third kappa shape index (κ3) is 5.22. The minimum atomic E-state index is -0.337. The lowest BCUT2D eigenvalue weighted by molar-refractivity contribution is 0.0699. The standard InChI is InChI=1S/C29H38N6O3/c1-19-14-21(4-7-23(19)28(37)32-22-5-6-22)24-17-31-35-26(30-16-20-8-12-38-13-9-20)15-25(33-27(24)35)34-29(18-36)10-2-3-11-29/h4,7,14-15,17,20,22,30,36H,2-3,5-6,8-13,16,18H2,1H3,(H,32,37)(H,33,34). The molecule has 3 heterocycles. The number of amides is 1. The number of ether oxygens (including phenoxy) is 1. The monoisotopic (exact) mass is 518 g/mol. The number of carbonyl (C=O) groups excluding carboxylic acids is 1. The van der Waals surface area contributed by atoms with Crippen molar-refractivity contribution in [3.05, 3.63) is 41.6 Å². The van der Waals surface area contributed by atoms with Crippen LogP contribution in [0.1, 0.15) is 67.3 Å². The highest BCUT2D eigenvalue weighted by atomic mass is 16.5. The zero-order chi connectivity index (χ0) is 26.1. The molecule has 202 valence electrons. The van der Waals surface area contributed by atoms with Crippen molar-refractivity contribution in [2.24, 2.45) is 5.92 Å². The molecule has 38 heavy (non-hydrogen) atoms. The van der Waals surface area contributed by atoms with Gasteiger partial charge in [-0.2, -0.15) is 9.61 Å². The van der Waals surface area contributed by atoms with E-state index in [4.69, 9.17) is 14.8 Å². The van der Waals surface area contributed by atoms with Gasteiger partial charge in [-0.15, -0.1) is 0 Å². The predicted molar refractivity (Wildman–Crippen MR) is 148 cm³/mol. The van der Waals surface area contributed by atoms with Gasteiger partial charge in [0.15, 0.2) is 5.65 Å². The third-order valence-corrected chi connectivity index (χ3v) is 8.34. The van der Waals surface area contributed by atoms with E-state index < -0.39 is 0 Å². The molecule has 1 aromatic carbocycles. The van der Waals surface area contributed by atoms with Gasteiger partial charge in [0.2, 0.25) is 0 Å². The summed E-state index contributed by atoms with van der Waals surface area (Å²) < 4.78 is 7.40. The van der Waals surface area contributed by atoms with E-state index in [1.807, 2.05) is 41.9 Å². The Morgan fingerprint density at radius 1 is 1.16 bits per heavy atom. The quantitative estimate of drug-likeness (QED) is 0.337. The van der Waals surface area contributed by atoms with Crippen molar-refractivity contribution < 1.29 is 14.6 Å². The first kappa shape index (κ1) is 25.1. The Morgan fingerprint density at radius 2 is 1.95 bits per heavy atom. The lowest BCUT2D eigenvalue weighted by Gasteiger charge is -2.29. The summed E-state index contributed by atoms with van der Waals surface area (Å²) in [6, 6.07) is 8.26. The summed E-state index contributed by atoms with van der Waals surface area (Å²) >= 11 is 0. The molecule has 0 spiro atoms. The Balaban J connectivity index is 1.34. The molecule has 9 heteroatoms. The number of anilines is 2. The fourth-order valence-electron chi connectivity index (χ4n) is 5.78. The summed E-state index contributed by atoms with van der Waals surface area (Å²) in [5.41, 5.74) is 3.92. The highest BCUT2D eigenvalue weighted by Gasteiger charge is 2.34. The summed E-state index contributed by atoms with van der Waals surface area (Å²) in [4.78, 5) is 17.7.